The van der Waals surface area contributed by atoms with Crippen molar-refractivity contribution in [1.29, 1.82) is 5.26 Å². The van der Waals surface area contributed by atoms with Gasteiger partial charge in [0, 0.05) is 13.6 Å². The fourth-order valence-electron chi connectivity index (χ4n) is 1.59. The molecule has 7 heteroatoms. The number of nitrogens with zero attached hydrogens (tertiary/aromatic N) is 3. The molecule has 0 aliphatic rings. The van der Waals surface area contributed by atoms with Crippen LogP contribution in [0.2, 0.25) is 0 Å². The minimum Gasteiger partial charge on any atom is -0.410 e. The Labute approximate surface area is 126 Å². The summed E-state index contributed by atoms with van der Waals surface area (Å²) in [7, 11) is 1.84. The van der Waals surface area contributed by atoms with Crippen LogP contribution in [0, 0.1) is 11.3 Å². The van der Waals surface area contributed by atoms with Crippen molar-refractivity contribution in [1.82, 2.24) is 4.37 Å². The van der Waals surface area contributed by atoms with Crippen LogP contribution in [-0.4, -0.2) is 24.1 Å². The SMILES string of the molecule is CCN(C)c1nsc(NC(=O)Oc2ccccc2)c1C#N. The van der Waals surface area contributed by atoms with Gasteiger partial charge in [-0.15, -0.1) is 0 Å². The quantitative estimate of drug-likeness (QED) is 0.939. The summed E-state index contributed by atoms with van der Waals surface area (Å²) in [6.07, 6.45) is -0.646. The highest BCUT2D eigenvalue weighted by Gasteiger charge is 2.18. The third-order valence-electron chi connectivity index (χ3n) is 2.79. The van der Waals surface area contributed by atoms with E-state index in [1.54, 1.807) is 24.3 Å². The molecule has 0 aliphatic heterocycles. The molecule has 0 saturated carbocycles. The van der Waals surface area contributed by atoms with Crippen LogP contribution in [0.3, 0.4) is 0 Å². The molecule has 1 aromatic heterocycles. The summed E-state index contributed by atoms with van der Waals surface area (Å²) in [5, 5.41) is 12.2. The molecule has 0 saturated heterocycles. The second-order valence-corrected chi connectivity index (χ2v) is 4.94. The van der Waals surface area contributed by atoms with E-state index >= 15 is 0 Å². The van der Waals surface area contributed by atoms with E-state index in [4.69, 9.17) is 4.74 Å². The van der Waals surface area contributed by atoms with Crippen LogP contribution < -0.4 is 15.0 Å². The smallest absolute Gasteiger partial charge is 0.410 e. The molecule has 0 fully saturated rings. The molecule has 0 atom stereocenters. The van der Waals surface area contributed by atoms with Crippen LogP contribution in [0.4, 0.5) is 15.6 Å². The Kier molecular flexibility index (Phi) is 4.74. The van der Waals surface area contributed by atoms with Gasteiger partial charge in [-0.3, -0.25) is 5.32 Å². The summed E-state index contributed by atoms with van der Waals surface area (Å²) < 4.78 is 9.31. The zero-order valence-corrected chi connectivity index (χ0v) is 12.5. The molecule has 0 unspecified atom stereocenters. The van der Waals surface area contributed by atoms with Gasteiger partial charge in [0.25, 0.3) is 0 Å². The van der Waals surface area contributed by atoms with Gasteiger partial charge < -0.3 is 9.64 Å². The zero-order valence-electron chi connectivity index (χ0n) is 11.7. The first-order chi connectivity index (χ1) is 10.2. The Morgan fingerprint density at radius 2 is 2.19 bits per heavy atom. The standard InChI is InChI=1S/C14H14N4O2S/c1-3-18(2)12-11(9-15)13(21-17-12)16-14(19)20-10-7-5-4-6-8-10/h4-8H,3H2,1-2H3,(H,16,19). The summed E-state index contributed by atoms with van der Waals surface area (Å²) in [5.74, 6) is 0.990. The second kappa shape index (κ2) is 6.72. The maximum atomic E-state index is 11.8. The van der Waals surface area contributed by atoms with Gasteiger partial charge in [-0.05, 0) is 30.6 Å². The first kappa shape index (κ1) is 14.8. The van der Waals surface area contributed by atoms with Crippen LogP contribution >= 0.6 is 11.5 Å². The first-order valence-corrected chi connectivity index (χ1v) is 7.07. The summed E-state index contributed by atoms with van der Waals surface area (Å²) in [6.45, 7) is 2.67. The number of hydrogen-bond donors (Lipinski definition) is 1. The van der Waals surface area contributed by atoms with Crippen molar-refractivity contribution in [3.63, 3.8) is 0 Å². The van der Waals surface area contributed by atoms with Crippen molar-refractivity contribution in [2.75, 3.05) is 23.8 Å². The summed E-state index contributed by atoms with van der Waals surface area (Å²) >= 11 is 1.06. The van der Waals surface area contributed by atoms with E-state index in [2.05, 4.69) is 15.8 Å². The molecule has 1 aromatic carbocycles. The van der Waals surface area contributed by atoms with E-state index < -0.39 is 6.09 Å². The van der Waals surface area contributed by atoms with E-state index in [0.29, 0.717) is 28.7 Å². The monoisotopic (exact) mass is 302 g/mol. The molecule has 1 N–H and O–H groups in total. The molecule has 0 spiro atoms. The molecular weight excluding hydrogens is 288 g/mol. The molecule has 1 heterocycles. The predicted octanol–water partition coefficient (Wildman–Crippen LogP) is 3.08. The van der Waals surface area contributed by atoms with Crippen molar-refractivity contribution in [2.45, 2.75) is 6.92 Å². The number of carbonyl (C=O) groups is 1. The van der Waals surface area contributed by atoms with Gasteiger partial charge in [0.1, 0.15) is 22.4 Å². The van der Waals surface area contributed by atoms with Crippen LogP contribution in [0.15, 0.2) is 30.3 Å². The van der Waals surface area contributed by atoms with Gasteiger partial charge in [0.05, 0.1) is 0 Å². The van der Waals surface area contributed by atoms with Gasteiger partial charge in [0.15, 0.2) is 5.82 Å². The molecule has 0 bridgehead atoms. The molecule has 2 aromatic rings. The highest BCUT2D eigenvalue weighted by Crippen LogP contribution is 2.30. The number of carbonyl (C=O) groups excluding carboxylic acids is 1. The summed E-state index contributed by atoms with van der Waals surface area (Å²) in [5.41, 5.74) is 0.342. The van der Waals surface area contributed by atoms with Gasteiger partial charge >= 0.3 is 6.09 Å². The number of nitriles is 1. The number of para-hydroxylation sites is 1. The van der Waals surface area contributed by atoms with E-state index in [1.807, 2.05) is 24.9 Å². The average molecular weight is 302 g/mol. The first-order valence-electron chi connectivity index (χ1n) is 6.30. The fourth-order valence-corrected chi connectivity index (χ4v) is 2.36. The van der Waals surface area contributed by atoms with E-state index in [0.717, 1.165) is 11.5 Å². The van der Waals surface area contributed by atoms with Gasteiger partial charge in [-0.1, -0.05) is 18.2 Å². The van der Waals surface area contributed by atoms with Gasteiger partial charge in [-0.25, -0.2) is 4.79 Å². The van der Waals surface area contributed by atoms with E-state index in [1.165, 1.54) is 0 Å². The molecule has 1 amide bonds. The van der Waals surface area contributed by atoms with Crippen molar-refractivity contribution in [3.8, 4) is 11.8 Å². The largest absolute Gasteiger partial charge is 0.417 e. The third kappa shape index (κ3) is 3.49. The lowest BCUT2D eigenvalue weighted by atomic mass is 10.3. The lowest BCUT2D eigenvalue weighted by Crippen LogP contribution is -2.18. The Morgan fingerprint density at radius 1 is 1.48 bits per heavy atom. The Morgan fingerprint density at radius 3 is 2.81 bits per heavy atom. The molecule has 2 rings (SSSR count). The summed E-state index contributed by atoms with van der Waals surface area (Å²) in [4.78, 5) is 13.7. The highest BCUT2D eigenvalue weighted by molar-refractivity contribution is 7.11. The molecule has 108 valence electrons. The number of anilines is 2. The Hall–Kier alpha value is -2.59. The van der Waals surface area contributed by atoms with Crippen molar-refractivity contribution in [3.05, 3.63) is 35.9 Å². The number of rotatable bonds is 4. The lowest BCUT2D eigenvalue weighted by Gasteiger charge is -2.13. The Balaban J connectivity index is 2.11. The minimum atomic E-state index is -0.646. The minimum absolute atomic E-state index is 0.342. The van der Waals surface area contributed by atoms with Gasteiger partial charge in [0.2, 0.25) is 0 Å². The van der Waals surface area contributed by atoms with Gasteiger partial charge in [-0.2, -0.15) is 9.64 Å². The number of hydrogen-bond acceptors (Lipinski definition) is 6. The number of benzene rings is 1. The molecule has 0 aliphatic carbocycles. The highest BCUT2D eigenvalue weighted by atomic mass is 32.1. The van der Waals surface area contributed by atoms with Crippen LogP contribution in [0.25, 0.3) is 0 Å². The lowest BCUT2D eigenvalue weighted by molar-refractivity contribution is 0.215. The summed E-state index contributed by atoms with van der Waals surface area (Å²) in [6, 6.07) is 10.8. The van der Waals surface area contributed by atoms with Crippen molar-refractivity contribution >= 4 is 28.4 Å². The topological polar surface area (TPSA) is 78.2 Å². The van der Waals surface area contributed by atoms with Crippen molar-refractivity contribution < 1.29 is 9.53 Å². The van der Waals surface area contributed by atoms with Crippen LogP contribution in [0.5, 0.6) is 5.75 Å². The zero-order chi connectivity index (χ0) is 15.2. The van der Waals surface area contributed by atoms with Crippen LogP contribution in [0.1, 0.15) is 12.5 Å². The predicted molar refractivity (Wildman–Crippen MR) is 81.9 cm³/mol. The third-order valence-corrected chi connectivity index (χ3v) is 3.54. The number of amides is 1. The number of nitrogens with one attached hydrogen (secondary N) is 1. The molecular formula is C14H14N4O2S. The number of aromatic nitrogens is 1. The molecule has 6 nitrogen and oxygen atoms in total. The van der Waals surface area contributed by atoms with Crippen molar-refractivity contribution in [2.24, 2.45) is 0 Å². The van der Waals surface area contributed by atoms with E-state index in [9.17, 15) is 10.1 Å². The Bertz CT molecular complexity index is 663. The number of ether oxygens (including phenoxy) is 1. The molecule has 0 radical (unpaired) electrons. The normalized spacial score (nSPS) is 9.76. The maximum Gasteiger partial charge on any atom is 0.417 e. The van der Waals surface area contributed by atoms with Crippen LogP contribution in [-0.2, 0) is 0 Å². The average Bonchev–Trinajstić information content (AvgIpc) is 2.89. The fraction of sp³-hybridized carbons (Fsp3) is 0.214. The second-order valence-electron chi connectivity index (χ2n) is 4.16. The van der Waals surface area contributed by atoms with E-state index in [-0.39, 0.29) is 0 Å². The maximum absolute atomic E-state index is 11.8. The molecule has 21 heavy (non-hydrogen) atoms.